The van der Waals surface area contributed by atoms with Crippen LogP contribution in [-0.4, -0.2) is 64.5 Å². The smallest absolute Gasteiger partial charge is 0.305 e. The van der Waals surface area contributed by atoms with Crippen molar-refractivity contribution < 1.29 is 24.2 Å². The normalized spacial score (nSPS) is 15.0. The number of carbonyl (C=O) groups is 3. The third kappa shape index (κ3) is 7.00. The number of amides is 2. The highest BCUT2D eigenvalue weighted by atomic mass is 16.5. The van der Waals surface area contributed by atoms with E-state index in [0.29, 0.717) is 50.3 Å². The van der Waals surface area contributed by atoms with Gasteiger partial charge in [0.15, 0.2) is 0 Å². The van der Waals surface area contributed by atoms with Gasteiger partial charge in [0.25, 0.3) is 0 Å². The van der Waals surface area contributed by atoms with Gasteiger partial charge in [-0.3, -0.25) is 14.4 Å². The average molecular weight is 455 g/mol. The van der Waals surface area contributed by atoms with Crippen LogP contribution in [0, 0.1) is 5.92 Å². The standard InChI is InChI=1S/C24H30N4O5/c1-33-19-5-3-17(4-6-19)23(24(32)27-14-9-22(30)31)18-10-15-28(16-11-18)21(29)8-7-20-25-12-2-13-26-20/h2-6,12-13,18,23H,7-11,14-16H2,1H3,(H,27,32)(H,30,31)/t23-/m1/s1. The zero-order valence-electron chi connectivity index (χ0n) is 18.8. The topological polar surface area (TPSA) is 122 Å². The van der Waals surface area contributed by atoms with Crippen molar-refractivity contribution in [2.24, 2.45) is 5.92 Å². The first-order valence-electron chi connectivity index (χ1n) is 11.1. The number of carbonyl (C=O) groups excluding carboxylic acids is 2. The first-order valence-corrected chi connectivity index (χ1v) is 11.1. The number of aryl methyl sites for hydroxylation is 1. The molecule has 0 radical (unpaired) electrons. The number of carboxylic acids is 1. The van der Waals surface area contributed by atoms with Crippen LogP contribution in [-0.2, 0) is 20.8 Å². The molecule has 0 saturated carbocycles. The van der Waals surface area contributed by atoms with E-state index in [2.05, 4.69) is 15.3 Å². The Morgan fingerprint density at radius 1 is 1.12 bits per heavy atom. The molecule has 9 heteroatoms. The molecule has 33 heavy (non-hydrogen) atoms. The number of aliphatic carboxylic acids is 1. The molecule has 1 atom stereocenters. The molecule has 1 aromatic carbocycles. The molecule has 1 aliphatic heterocycles. The quantitative estimate of drug-likeness (QED) is 0.563. The number of ether oxygens (including phenoxy) is 1. The zero-order valence-corrected chi connectivity index (χ0v) is 18.8. The molecule has 2 aromatic rings. The van der Waals surface area contributed by atoms with Gasteiger partial charge in [-0.2, -0.15) is 0 Å². The Morgan fingerprint density at radius 3 is 2.39 bits per heavy atom. The van der Waals surface area contributed by atoms with Gasteiger partial charge < -0.3 is 20.1 Å². The molecule has 1 aliphatic rings. The highest BCUT2D eigenvalue weighted by Crippen LogP contribution is 2.34. The van der Waals surface area contributed by atoms with E-state index in [9.17, 15) is 14.4 Å². The molecule has 2 heterocycles. The van der Waals surface area contributed by atoms with Crippen LogP contribution in [0.15, 0.2) is 42.7 Å². The molecule has 1 fully saturated rings. The predicted molar refractivity (Wildman–Crippen MR) is 121 cm³/mol. The summed E-state index contributed by atoms with van der Waals surface area (Å²) in [7, 11) is 1.59. The summed E-state index contributed by atoms with van der Waals surface area (Å²) >= 11 is 0. The van der Waals surface area contributed by atoms with Crippen molar-refractivity contribution >= 4 is 17.8 Å². The number of piperidine rings is 1. The molecule has 0 spiro atoms. The lowest BCUT2D eigenvalue weighted by Gasteiger charge is -2.36. The second kappa shape index (κ2) is 11.9. The van der Waals surface area contributed by atoms with Gasteiger partial charge >= 0.3 is 5.97 Å². The molecule has 1 saturated heterocycles. The number of hydrogen-bond donors (Lipinski definition) is 2. The third-order valence-electron chi connectivity index (χ3n) is 5.94. The van der Waals surface area contributed by atoms with Crippen molar-refractivity contribution in [3.63, 3.8) is 0 Å². The Morgan fingerprint density at radius 2 is 1.79 bits per heavy atom. The summed E-state index contributed by atoms with van der Waals surface area (Å²) in [5, 5.41) is 11.6. The predicted octanol–water partition coefficient (Wildman–Crippen LogP) is 2.03. The molecule has 176 valence electrons. The zero-order chi connectivity index (χ0) is 23.6. The fourth-order valence-electron chi connectivity index (χ4n) is 4.17. The molecule has 0 unspecified atom stereocenters. The van der Waals surface area contributed by atoms with E-state index in [-0.39, 0.29) is 30.7 Å². The van der Waals surface area contributed by atoms with Crippen LogP contribution in [0.4, 0.5) is 0 Å². The van der Waals surface area contributed by atoms with Crippen molar-refractivity contribution in [3.8, 4) is 5.75 Å². The van der Waals surface area contributed by atoms with E-state index >= 15 is 0 Å². The number of likely N-dealkylation sites (tertiary alicyclic amines) is 1. The Bertz CT molecular complexity index is 928. The highest BCUT2D eigenvalue weighted by molar-refractivity contribution is 5.84. The van der Waals surface area contributed by atoms with Gasteiger partial charge in [-0.1, -0.05) is 12.1 Å². The number of benzene rings is 1. The van der Waals surface area contributed by atoms with Crippen LogP contribution in [0.2, 0.25) is 0 Å². The van der Waals surface area contributed by atoms with E-state index in [1.807, 2.05) is 29.2 Å². The van der Waals surface area contributed by atoms with E-state index in [1.54, 1.807) is 25.6 Å². The fourth-order valence-corrected chi connectivity index (χ4v) is 4.17. The first kappa shape index (κ1) is 24.2. The van der Waals surface area contributed by atoms with Crippen molar-refractivity contribution in [1.82, 2.24) is 20.2 Å². The van der Waals surface area contributed by atoms with Gasteiger partial charge in [0.05, 0.1) is 19.4 Å². The minimum atomic E-state index is -0.955. The van der Waals surface area contributed by atoms with Crippen LogP contribution < -0.4 is 10.1 Å². The molecule has 0 aliphatic carbocycles. The van der Waals surface area contributed by atoms with Crippen LogP contribution >= 0.6 is 0 Å². The van der Waals surface area contributed by atoms with Gasteiger partial charge in [-0.05, 0) is 42.5 Å². The minimum Gasteiger partial charge on any atom is -0.497 e. The molecule has 0 bridgehead atoms. The second-order valence-electron chi connectivity index (χ2n) is 8.07. The number of aromatic nitrogens is 2. The summed E-state index contributed by atoms with van der Waals surface area (Å²) in [5.41, 5.74) is 0.856. The highest BCUT2D eigenvalue weighted by Gasteiger charge is 2.33. The maximum Gasteiger partial charge on any atom is 0.305 e. The Hall–Kier alpha value is -3.49. The van der Waals surface area contributed by atoms with E-state index in [0.717, 1.165) is 5.56 Å². The van der Waals surface area contributed by atoms with Gasteiger partial charge in [0, 0.05) is 44.9 Å². The van der Waals surface area contributed by atoms with Crippen LogP contribution in [0.1, 0.15) is 43.0 Å². The molecule has 2 amide bonds. The van der Waals surface area contributed by atoms with Gasteiger partial charge in [-0.15, -0.1) is 0 Å². The maximum absolute atomic E-state index is 13.0. The summed E-state index contributed by atoms with van der Waals surface area (Å²) in [6, 6.07) is 9.12. The Labute approximate surface area is 193 Å². The summed E-state index contributed by atoms with van der Waals surface area (Å²) in [6.07, 6.45) is 5.44. The minimum absolute atomic E-state index is 0.0460. The van der Waals surface area contributed by atoms with Crippen molar-refractivity contribution in [2.45, 2.75) is 38.0 Å². The summed E-state index contributed by atoms with van der Waals surface area (Å²) in [4.78, 5) is 46.7. The summed E-state index contributed by atoms with van der Waals surface area (Å²) in [6.45, 7) is 1.24. The summed E-state index contributed by atoms with van der Waals surface area (Å²) in [5.74, 6) is -0.0985. The van der Waals surface area contributed by atoms with Gasteiger partial charge in [-0.25, -0.2) is 9.97 Å². The number of rotatable bonds is 10. The van der Waals surface area contributed by atoms with E-state index in [1.165, 1.54) is 0 Å². The van der Waals surface area contributed by atoms with Crippen LogP contribution in [0.25, 0.3) is 0 Å². The first-order chi connectivity index (χ1) is 16.0. The number of carboxylic acid groups (broad SMARTS) is 1. The van der Waals surface area contributed by atoms with Crippen molar-refractivity contribution in [2.75, 3.05) is 26.7 Å². The fraction of sp³-hybridized carbons (Fsp3) is 0.458. The van der Waals surface area contributed by atoms with E-state index < -0.39 is 11.9 Å². The lowest BCUT2D eigenvalue weighted by atomic mass is 9.79. The van der Waals surface area contributed by atoms with Gasteiger partial charge in [0.2, 0.25) is 11.8 Å². The SMILES string of the molecule is COc1ccc([C@@H](C(=O)NCCC(=O)O)C2CCN(C(=O)CCc3ncccn3)CC2)cc1. The number of methoxy groups -OCH3 is 1. The third-order valence-corrected chi connectivity index (χ3v) is 5.94. The molecular formula is C24H30N4O5. The second-order valence-corrected chi connectivity index (χ2v) is 8.07. The maximum atomic E-state index is 13.0. The number of hydrogen-bond acceptors (Lipinski definition) is 6. The Balaban J connectivity index is 1.61. The number of nitrogens with one attached hydrogen (secondary N) is 1. The molecule has 1 aromatic heterocycles. The average Bonchev–Trinajstić information content (AvgIpc) is 2.84. The summed E-state index contributed by atoms with van der Waals surface area (Å²) < 4.78 is 5.22. The molecular weight excluding hydrogens is 424 g/mol. The largest absolute Gasteiger partial charge is 0.497 e. The molecule has 9 nitrogen and oxygen atoms in total. The molecule has 3 rings (SSSR count). The lowest BCUT2D eigenvalue weighted by Crippen LogP contribution is -2.43. The number of nitrogens with zero attached hydrogens (tertiary/aromatic N) is 3. The van der Waals surface area contributed by atoms with Crippen molar-refractivity contribution in [3.05, 3.63) is 54.1 Å². The molecule has 2 N–H and O–H groups in total. The van der Waals surface area contributed by atoms with Gasteiger partial charge in [0.1, 0.15) is 11.6 Å². The van der Waals surface area contributed by atoms with Crippen molar-refractivity contribution in [1.29, 1.82) is 0 Å². The Kier molecular flexibility index (Phi) is 8.74. The monoisotopic (exact) mass is 454 g/mol. The van der Waals surface area contributed by atoms with Crippen LogP contribution in [0.3, 0.4) is 0 Å². The lowest BCUT2D eigenvalue weighted by molar-refractivity contribution is -0.137. The van der Waals surface area contributed by atoms with Crippen LogP contribution in [0.5, 0.6) is 5.75 Å². The van der Waals surface area contributed by atoms with E-state index in [4.69, 9.17) is 9.84 Å².